The first kappa shape index (κ1) is 15.8. The van der Waals surface area contributed by atoms with E-state index >= 15 is 0 Å². The predicted octanol–water partition coefficient (Wildman–Crippen LogP) is 2.67. The molecule has 0 atom stereocenters. The van der Waals surface area contributed by atoms with E-state index in [1.165, 1.54) is 18.4 Å². The minimum absolute atomic E-state index is 0.293. The van der Waals surface area contributed by atoms with Crippen molar-refractivity contribution in [3.63, 3.8) is 0 Å². The van der Waals surface area contributed by atoms with Crippen molar-refractivity contribution in [1.29, 1.82) is 0 Å². The van der Waals surface area contributed by atoms with Crippen molar-refractivity contribution in [2.45, 2.75) is 17.7 Å². The first-order valence-electron chi connectivity index (χ1n) is 6.52. The van der Waals surface area contributed by atoms with Gasteiger partial charge < -0.3 is 10.1 Å². The minimum atomic E-state index is -3.59. The minimum Gasteiger partial charge on any atom is -0.495 e. The molecule has 0 aliphatic heterocycles. The highest BCUT2D eigenvalue weighted by Crippen LogP contribution is 2.28. The van der Waals surface area contributed by atoms with Gasteiger partial charge in [0, 0.05) is 11.4 Å². The zero-order valence-electron chi connectivity index (χ0n) is 11.9. The summed E-state index contributed by atoms with van der Waals surface area (Å²) in [6, 6.07) is 10.4. The molecular formula is C14H18N2O3S2. The number of methoxy groups -OCH3 is 1. The summed E-state index contributed by atoms with van der Waals surface area (Å²) >= 11 is 1.26. The molecule has 0 fully saturated rings. The molecule has 0 amide bonds. The zero-order valence-corrected chi connectivity index (χ0v) is 13.6. The van der Waals surface area contributed by atoms with E-state index in [1.54, 1.807) is 30.3 Å². The second kappa shape index (κ2) is 6.93. The molecule has 2 aromatic rings. The number of ether oxygens (including phenoxy) is 1. The number of hydrogen-bond donors (Lipinski definition) is 2. The maximum atomic E-state index is 12.4. The van der Waals surface area contributed by atoms with E-state index in [4.69, 9.17) is 4.74 Å². The van der Waals surface area contributed by atoms with Gasteiger partial charge in [-0.3, -0.25) is 4.72 Å². The lowest BCUT2D eigenvalue weighted by molar-refractivity contribution is 0.417. The van der Waals surface area contributed by atoms with Crippen LogP contribution in [-0.4, -0.2) is 22.1 Å². The highest BCUT2D eigenvalue weighted by Gasteiger charge is 2.18. The van der Waals surface area contributed by atoms with E-state index in [9.17, 15) is 8.42 Å². The molecule has 2 N–H and O–H groups in total. The lowest BCUT2D eigenvalue weighted by Crippen LogP contribution is -2.12. The van der Waals surface area contributed by atoms with Crippen molar-refractivity contribution in [3.05, 3.63) is 41.3 Å². The van der Waals surface area contributed by atoms with Crippen molar-refractivity contribution in [2.75, 3.05) is 18.4 Å². The molecule has 0 aliphatic rings. The van der Waals surface area contributed by atoms with Crippen LogP contribution in [0.25, 0.3) is 0 Å². The number of rotatable bonds is 7. The average molecular weight is 326 g/mol. The molecule has 0 bridgehead atoms. The summed E-state index contributed by atoms with van der Waals surface area (Å²) < 4.78 is 32.8. The summed E-state index contributed by atoms with van der Waals surface area (Å²) in [5, 5.41) is 3.17. The van der Waals surface area contributed by atoms with Crippen molar-refractivity contribution in [1.82, 2.24) is 5.32 Å². The fraction of sp³-hybridized carbons (Fsp3) is 0.286. The van der Waals surface area contributed by atoms with Crippen molar-refractivity contribution >= 4 is 27.0 Å². The molecule has 1 heterocycles. The van der Waals surface area contributed by atoms with Crippen LogP contribution in [0.3, 0.4) is 0 Å². The summed E-state index contributed by atoms with van der Waals surface area (Å²) in [4.78, 5) is 0.984. The van der Waals surface area contributed by atoms with E-state index in [0.29, 0.717) is 22.2 Å². The van der Waals surface area contributed by atoms with Crippen molar-refractivity contribution < 1.29 is 13.2 Å². The number of hydrogen-bond acceptors (Lipinski definition) is 5. The first-order valence-corrected chi connectivity index (χ1v) is 8.82. The molecular weight excluding hydrogens is 308 g/mol. The summed E-state index contributed by atoms with van der Waals surface area (Å²) in [6.45, 7) is 3.53. The number of nitrogens with one attached hydrogen (secondary N) is 2. The Morgan fingerprint density at radius 2 is 1.95 bits per heavy atom. The van der Waals surface area contributed by atoms with E-state index in [1.807, 2.05) is 13.0 Å². The van der Waals surface area contributed by atoms with Gasteiger partial charge in [-0.25, -0.2) is 8.42 Å². The van der Waals surface area contributed by atoms with Crippen LogP contribution in [-0.2, 0) is 16.6 Å². The largest absolute Gasteiger partial charge is 0.495 e. The summed E-state index contributed by atoms with van der Waals surface area (Å²) in [6.07, 6.45) is 0. The number of benzene rings is 1. The maximum Gasteiger partial charge on any atom is 0.271 e. The smallest absolute Gasteiger partial charge is 0.271 e. The van der Waals surface area contributed by atoms with E-state index in [-0.39, 0.29) is 0 Å². The molecule has 0 aliphatic carbocycles. The van der Waals surface area contributed by atoms with Crippen LogP contribution in [0, 0.1) is 0 Å². The third-order valence-corrected chi connectivity index (χ3v) is 5.74. The molecule has 5 nitrogen and oxygen atoms in total. The highest BCUT2D eigenvalue weighted by molar-refractivity contribution is 7.94. The van der Waals surface area contributed by atoms with Gasteiger partial charge in [0.15, 0.2) is 0 Å². The van der Waals surface area contributed by atoms with Crippen molar-refractivity contribution in [3.8, 4) is 5.75 Å². The van der Waals surface area contributed by atoms with Gasteiger partial charge in [0.05, 0.1) is 12.8 Å². The Balaban J connectivity index is 2.20. The topological polar surface area (TPSA) is 67.4 Å². The highest BCUT2D eigenvalue weighted by atomic mass is 32.2. The normalized spacial score (nSPS) is 11.3. The van der Waals surface area contributed by atoms with Gasteiger partial charge in [0.1, 0.15) is 9.96 Å². The number of sulfonamides is 1. The van der Waals surface area contributed by atoms with E-state index in [2.05, 4.69) is 10.0 Å². The molecule has 0 spiro atoms. The molecule has 0 saturated carbocycles. The summed E-state index contributed by atoms with van der Waals surface area (Å²) in [5.41, 5.74) is 0.432. The molecule has 21 heavy (non-hydrogen) atoms. The molecule has 1 aromatic carbocycles. The van der Waals surface area contributed by atoms with Gasteiger partial charge in [0.25, 0.3) is 10.0 Å². The van der Waals surface area contributed by atoms with Gasteiger partial charge in [-0.15, -0.1) is 11.3 Å². The van der Waals surface area contributed by atoms with Gasteiger partial charge in [-0.05, 0) is 30.8 Å². The Morgan fingerprint density at radius 1 is 1.19 bits per heavy atom. The second-order valence-corrected chi connectivity index (χ2v) is 7.38. The van der Waals surface area contributed by atoms with Gasteiger partial charge in [-0.2, -0.15) is 0 Å². The fourth-order valence-corrected chi connectivity index (χ4v) is 4.17. The standard InChI is InChI=1S/C14H18N2O3S2/c1-3-15-10-11-8-9-14(20-11)21(17,18)16-12-6-4-5-7-13(12)19-2/h4-9,15-16H,3,10H2,1-2H3. The Kier molecular flexibility index (Phi) is 5.22. The van der Waals surface area contributed by atoms with Gasteiger partial charge >= 0.3 is 0 Å². The lowest BCUT2D eigenvalue weighted by Gasteiger charge is -2.10. The Hall–Kier alpha value is -1.57. The first-order chi connectivity index (χ1) is 10.1. The third-order valence-electron chi connectivity index (χ3n) is 2.80. The molecule has 0 saturated heterocycles. The quantitative estimate of drug-likeness (QED) is 0.821. The molecule has 0 unspecified atom stereocenters. The van der Waals surface area contributed by atoms with E-state index < -0.39 is 10.0 Å². The zero-order chi connectivity index (χ0) is 15.3. The van der Waals surface area contributed by atoms with Crippen molar-refractivity contribution in [2.24, 2.45) is 0 Å². The van der Waals surface area contributed by atoms with Crippen LogP contribution < -0.4 is 14.8 Å². The fourth-order valence-electron chi connectivity index (χ4n) is 1.77. The SMILES string of the molecule is CCNCc1ccc(S(=O)(=O)Nc2ccccc2OC)s1. The van der Waals surface area contributed by atoms with Crippen LogP contribution in [0.4, 0.5) is 5.69 Å². The molecule has 1 aromatic heterocycles. The molecule has 0 radical (unpaired) electrons. The lowest BCUT2D eigenvalue weighted by atomic mass is 10.3. The number of thiophene rings is 1. The molecule has 2 rings (SSSR count). The van der Waals surface area contributed by atoms with Crippen LogP contribution in [0.15, 0.2) is 40.6 Å². The Morgan fingerprint density at radius 3 is 2.67 bits per heavy atom. The third kappa shape index (κ3) is 3.96. The van der Waals surface area contributed by atoms with Crippen LogP contribution in [0.2, 0.25) is 0 Å². The van der Waals surface area contributed by atoms with Gasteiger partial charge in [0.2, 0.25) is 0 Å². The van der Waals surface area contributed by atoms with E-state index in [0.717, 1.165) is 11.4 Å². The summed E-state index contributed by atoms with van der Waals surface area (Å²) in [5.74, 6) is 0.491. The van der Waals surface area contributed by atoms with Crippen LogP contribution in [0.1, 0.15) is 11.8 Å². The van der Waals surface area contributed by atoms with Crippen LogP contribution in [0.5, 0.6) is 5.75 Å². The van der Waals surface area contributed by atoms with Crippen LogP contribution >= 0.6 is 11.3 Å². The Bertz CT molecular complexity index is 696. The molecule has 7 heteroatoms. The summed E-state index contributed by atoms with van der Waals surface area (Å²) in [7, 11) is -2.08. The predicted molar refractivity (Wildman–Crippen MR) is 85.5 cm³/mol. The molecule has 114 valence electrons. The Labute approximate surface area is 129 Å². The monoisotopic (exact) mass is 326 g/mol. The van der Waals surface area contributed by atoms with Gasteiger partial charge in [-0.1, -0.05) is 19.1 Å². The number of para-hydroxylation sites is 2. The second-order valence-electron chi connectivity index (χ2n) is 4.31. The number of anilines is 1. The average Bonchev–Trinajstić information content (AvgIpc) is 2.95. The maximum absolute atomic E-state index is 12.4.